The molecule has 0 spiro atoms. The summed E-state index contributed by atoms with van der Waals surface area (Å²) < 4.78 is 0. The molecule has 5 nitrogen and oxygen atoms in total. The SMILES string of the molecule is Nc1ncc[nH]1.O=CO. The lowest BCUT2D eigenvalue weighted by molar-refractivity contribution is -0.122. The van der Waals surface area contributed by atoms with Gasteiger partial charge in [-0.2, -0.15) is 0 Å². The van der Waals surface area contributed by atoms with Crippen molar-refractivity contribution in [3.05, 3.63) is 12.4 Å². The van der Waals surface area contributed by atoms with E-state index in [2.05, 4.69) is 9.97 Å². The van der Waals surface area contributed by atoms with E-state index in [1.165, 1.54) is 0 Å². The number of rotatable bonds is 0. The van der Waals surface area contributed by atoms with Gasteiger partial charge in [0.25, 0.3) is 6.47 Å². The Morgan fingerprint density at radius 3 is 2.56 bits per heavy atom. The Balaban J connectivity index is 0.000000187. The summed E-state index contributed by atoms with van der Waals surface area (Å²) >= 11 is 0. The van der Waals surface area contributed by atoms with Gasteiger partial charge in [-0.3, -0.25) is 4.79 Å². The van der Waals surface area contributed by atoms with Crippen LogP contribution < -0.4 is 5.73 Å². The first-order chi connectivity index (χ1) is 4.31. The second-order valence-corrected chi connectivity index (χ2v) is 1.08. The monoisotopic (exact) mass is 129 g/mol. The van der Waals surface area contributed by atoms with Crippen molar-refractivity contribution in [2.75, 3.05) is 5.73 Å². The molecule has 0 saturated carbocycles. The van der Waals surface area contributed by atoms with Crippen LogP contribution in [0.3, 0.4) is 0 Å². The van der Waals surface area contributed by atoms with Gasteiger partial charge in [-0.15, -0.1) is 0 Å². The number of nitrogens with one attached hydrogen (secondary N) is 1. The van der Waals surface area contributed by atoms with Crippen LogP contribution in [0.1, 0.15) is 0 Å². The van der Waals surface area contributed by atoms with Crippen molar-refractivity contribution in [1.29, 1.82) is 0 Å². The fraction of sp³-hybridized carbons (Fsp3) is 0. The van der Waals surface area contributed by atoms with Crippen LogP contribution in [0, 0.1) is 0 Å². The number of nitrogen functional groups attached to an aromatic ring is 1. The zero-order valence-electron chi connectivity index (χ0n) is 4.61. The molecule has 0 aliphatic carbocycles. The van der Waals surface area contributed by atoms with E-state index in [9.17, 15) is 0 Å². The number of nitrogens with two attached hydrogens (primary N) is 1. The highest BCUT2D eigenvalue weighted by molar-refractivity contribution is 5.32. The second-order valence-electron chi connectivity index (χ2n) is 1.08. The summed E-state index contributed by atoms with van der Waals surface area (Å²) in [6.07, 6.45) is 3.28. The van der Waals surface area contributed by atoms with E-state index < -0.39 is 0 Å². The highest BCUT2D eigenvalue weighted by Crippen LogP contribution is 1.81. The Morgan fingerprint density at radius 1 is 1.89 bits per heavy atom. The van der Waals surface area contributed by atoms with Gasteiger partial charge in [-0.1, -0.05) is 0 Å². The van der Waals surface area contributed by atoms with Gasteiger partial charge < -0.3 is 15.8 Å². The number of H-pyrrole nitrogens is 1. The molecule has 0 fully saturated rings. The molecule has 0 bridgehead atoms. The maximum atomic E-state index is 8.36. The van der Waals surface area contributed by atoms with E-state index in [4.69, 9.17) is 15.6 Å². The molecule has 0 aliphatic rings. The fourth-order valence-corrected chi connectivity index (χ4v) is 0.277. The zero-order chi connectivity index (χ0) is 7.11. The van der Waals surface area contributed by atoms with Gasteiger partial charge in [0.1, 0.15) is 0 Å². The summed E-state index contributed by atoms with van der Waals surface area (Å²) in [7, 11) is 0. The number of nitrogens with zero attached hydrogens (tertiary/aromatic N) is 1. The molecule has 0 atom stereocenters. The highest BCUT2D eigenvalue weighted by atomic mass is 16.3. The van der Waals surface area contributed by atoms with E-state index in [-0.39, 0.29) is 6.47 Å². The third-order valence-electron chi connectivity index (χ3n) is 0.519. The molecule has 1 aromatic rings. The molecule has 50 valence electrons. The third-order valence-corrected chi connectivity index (χ3v) is 0.519. The topological polar surface area (TPSA) is 92.0 Å². The van der Waals surface area contributed by atoms with Gasteiger partial charge in [0.05, 0.1) is 0 Å². The maximum Gasteiger partial charge on any atom is 0.290 e. The quantitative estimate of drug-likeness (QED) is 0.419. The van der Waals surface area contributed by atoms with Gasteiger partial charge >= 0.3 is 0 Å². The normalized spacial score (nSPS) is 7.11. The average Bonchev–Trinajstić information content (AvgIpc) is 2.20. The predicted octanol–water partition coefficient (Wildman–Crippen LogP) is -0.307. The molecule has 0 amide bonds. The van der Waals surface area contributed by atoms with Crippen LogP contribution in [-0.4, -0.2) is 21.5 Å². The summed E-state index contributed by atoms with van der Waals surface area (Å²) in [6, 6.07) is 0. The van der Waals surface area contributed by atoms with E-state index in [1.807, 2.05) is 0 Å². The van der Waals surface area contributed by atoms with E-state index in [1.54, 1.807) is 12.4 Å². The first kappa shape index (κ1) is 7.48. The summed E-state index contributed by atoms with van der Waals surface area (Å²) in [5.41, 5.74) is 5.11. The molecule has 0 aliphatic heterocycles. The summed E-state index contributed by atoms with van der Waals surface area (Å²) in [6.45, 7) is -0.250. The van der Waals surface area contributed by atoms with E-state index in [0.717, 1.165) is 0 Å². The van der Waals surface area contributed by atoms with Crippen molar-refractivity contribution < 1.29 is 9.90 Å². The van der Waals surface area contributed by atoms with Gasteiger partial charge in [0, 0.05) is 12.4 Å². The fourth-order valence-electron chi connectivity index (χ4n) is 0.277. The maximum absolute atomic E-state index is 8.36. The molecular formula is C4H7N3O2. The predicted molar refractivity (Wildman–Crippen MR) is 31.7 cm³/mol. The molecule has 0 radical (unpaired) electrons. The minimum absolute atomic E-state index is 0.250. The smallest absolute Gasteiger partial charge is 0.290 e. The lowest BCUT2D eigenvalue weighted by Gasteiger charge is -1.70. The highest BCUT2D eigenvalue weighted by Gasteiger charge is 1.74. The first-order valence-electron chi connectivity index (χ1n) is 2.14. The van der Waals surface area contributed by atoms with Crippen LogP contribution in [0.15, 0.2) is 12.4 Å². The average molecular weight is 129 g/mol. The molecule has 0 aromatic carbocycles. The van der Waals surface area contributed by atoms with Crippen molar-refractivity contribution in [2.24, 2.45) is 0 Å². The van der Waals surface area contributed by atoms with Crippen molar-refractivity contribution in [1.82, 2.24) is 9.97 Å². The van der Waals surface area contributed by atoms with Gasteiger partial charge in [0.15, 0.2) is 5.95 Å². The van der Waals surface area contributed by atoms with Crippen LogP contribution >= 0.6 is 0 Å². The van der Waals surface area contributed by atoms with Gasteiger partial charge in [0.2, 0.25) is 0 Å². The van der Waals surface area contributed by atoms with Crippen LogP contribution in [0.2, 0.25) is 0 Å². The van der Waals surface area contributed by atoms with E-state index >= 15 is 0 Å². The van der Waals surface area contributed by atoms with Crippen molar-refractivity contribution in [3.8, 4) is 0 Å². The second kappa shape index (κ2) is 4.63. The molecule has 0 unspecified atom stereocenters. The number of hydrogen-bond donors (Lipinski definition) is 3. The standard InChI is InChI=1S/C3H5N3.CH2O2/c4-3-5-1-2-6-3;2-1-3/h1-2H,(H3,4,5,6);1H,(H,2,3). The zero-order valence-corrected chi connectivity index (χ0v) is 4.61. The Kier molecular flexibility index (Phi) is 3.85. The number of aromatic amines is 1. The number of anilines is 1. The van der Waals surface area contributed by atoms with Crippen molar-refractivity contribution >= 4 is 12.4 Å². The summed E-state index contributed by atoms with van der Waals surface area (Å²) in [5, 5.41) is 6.89. The van der Waals surface area contributed by atoms with Crippen LogP contribution in [0.5, 0.6) is 0 Å². The molecular weight excluding hydrogens is 122 g/mol. The number of carbonyl (C=O) groups is 1. The van der Waals surface area contributed by atoms with Crippen LogP contribution in [0.4, 0.5) is 5.95 Å². The molecule has 9 heavy (non-hydrogen) atoms. The Bertz CT molecular complexity index is 149. The molecule has 0 saturated heterocycles. The van der Waals surface area contributed by atoms with Gasteiger partial charge in [-0.05, 0) is 0 Å². The Hall–Kier alpha value is -1.52. The number of carboxylic acid groups (broad SMARTS) is 1. The van der Waals surface area contributed by atoms with Crippen LogP contribution in [-0.2, 0) is 4.79 Å². The van der Waals surface area contributed by atoms with Crippen molar-refractivity contribution in [2.45, 2.75) is 0 Å². The molecule has 1 aromatic heterocycles. The molecule has 5 heteroatoms. The lowest BCUT2D eigenvalue weighted by atomic mass is 11.0. The number of imidazole rings is 1. The summed E-state index contributed by atoms with van der Waals surface area (Å²) in [4.78, 5) is 14.7. The third kappa shape index (κ3) is 4.33. The Labute approximate surface area is 51.5 Å². The number of aromatic nitrogens is 2. The lowest BCUT2D eigenvalue weighted by Crippen LogP contribution is -1.83. The Morgan fingerprint density at radius 2 is 2.44 bits per heavy atom. The van der Waals surface area contributed by atoms with E-state index in [0.29, 0.717) is 5.95 Å². The minimum Gasteiger partial charge on any atom is -0.483 e. The van der Waals surface area contributed by atoms with Crippen molar-refractivity contribution in [3.63, 3.8) is 0 Å². The minimum atomic E-state index is -0.250. The van der Waals surface area contributed by atoms with Crippen LogP contribution in [0.25, 0.3) is 0 Å². The molecule has 4 N–H and O–H groups in total. The molecule has 1 rings (SSSR count). The number of hydrogen-bond acceptors (Lipinski definition) is 3. The van der Waals surface area contributed by atoms with Gasteiger partial charge in [-0.25, -0.2) is 4.98 Å². The summed E-state index contributed by atoms with van der Waals surface area (Å²) in [5.74, 6) is 0.468. The first-order valence-corrected chi connectivity index (χ1v) is 2.14. The largest absolute Gasteiger partial charge is 0.483 e. The molecule has 1 heterocycles.